The molecule has 0 saturated carbocycles. The van der Waals surface area contributed by atoms with Crippen molar-refractivity contribution in [1.82, 2.24) is 0 Å². The second-order valence-electron chi connectivity index (χ2n) is 3.77. The fourth-order valence-electron chi connectivity index (χ4n) is 1.48. The minimum absolute atomic E-state index is 0.506. The molecular weight excluding hydrogens is 330 g/mol. The SMILES string of the molecule is NC(=S)Cc1ccc(OCc2sccc2Br)cc1. The molecule has 1 heterocycles. The molecule has 0 radical (unpaired) electrons. The van der Waals surface area contributed by atoms with Gasteiger partial charge in [-0.25, -0.2) is 0 Å². The molecule has 1 aromatic carbocycles. The minimum Gasteiger partial charge on any atom is -0.488 e. The predicted molar refractivity (Wildman–Crippen MR) is 83.3 cm³/mol. The molecule has 94 valence electrons. The summed E-state index contributed by atoms with van der Waals surface area (Å²) in [6, 6.07) is 9.87. The van der Waals surface area contributed by atoms with E-state index in [1.54, 1.807) is 11.3 Å². The summed E-state index contributed by atoms with van der Waals surface area (Å²) in [6.45, 7) is 0.576. The summed E-state index contributed by atoms with van der Waals surface area (Å²) < 4.78 is 6.80. The molecule has 0 aliphatic carbocycles. The quantitative estimate of drug-likeness (QED) is 0.837. The van der Waals surface area contributed by atoms with E-state index < -0.39 is 0 Å². The number of thiocarbonyl (C=S) groups is 1. The Labute approximate surface area is 124 Å². The van der Waals surface area contributed by atoms with Gasteiger partial charge in [0.2, 0.25) is 0 Å². The van der Waals surface area contributed by atoms with Gasteiger partial charge in [-0.05, 0) is 45.1 Å². The summed E-state index contributed by atoms with van der Waals surface area (Å²) in [5, 5.41) is 2.04. The summed E-state index contributed by atoms with van der Waals surface area (Å²) >= 11 is 10.0. The van der Waals surface area contributed by atoms with Gasteiger partial charge in [0.25, 0.3) is 0 Å². The van der Waals surface area contributed by atoms with Gasteiger partial charge < -0.3 is 10.5 Å². The molecule has 0 atom stereocenters. The highest BCUT2D eigenvalue weighted by molar-refractivity contribution is 9.10. The number of thiophene rings is 1. The van der Waals surface area contributed by atoms with Gasteiger partial charge in [-0.3, -0.25) is 0 Å². The molecule has 0 spiro atoms. The van der Waals surface area contributed by atoms with Gasteiger partial charge in [0, 0.05) is 10.9 Å². The van der Waals surface area contributed by atoms with Crippen LogP contribution in [0.2, 0.25) is 0 Å². The standard InChI is InChI=1S/C13H12BrNOS2/c14-11-5-6-18-12(11)8-16-10-3-1-9(2-4-10)7-13(15)17/h1-6H,7-8H2,(H2,15,17). The van der Waals surface area contributed by atoms with Crippen molar-refractivity contribution in [3.63, 3.8) is 0 Å². The molecule has 18 heavy (non-hydrogen) atoms. The van der Waals surface area contributed by atoms with Gasteiger partial charge in [-0.15, -0.1) is 11.3 Å². The number of rotatable bonds is 5. The van der Waals surface area contributed by atoms with Crippen LogP contribution in [0.15, 0.2) is 40.2 Å². The molecule has 2 nitrogen and oxygen atoms in total. The average Bonchev–Trinajstić information content (AvgIpc) is 2.73. The molecule has 1 aromatic heterocycles. The third kappa shape index (κ3) is 3.80. The van der Waals surface area contributed by atoms with E-state index in [-0.39, 0.29) is 0 Å². The van der Waals surface area contributed by atoms with Crippen molar-refractivity contribution in [3.05, 3.63) is 50.6 Å². The van der Waals surface area contributed by atoms with Crippen molar-refractivity contribution in [2.45, 2.75) is 13.0 Å². The minimum atomic E-state index is 0.506. The smallest absolute Gasteiger partial charge is 0.124 e. The van der Waals surface area contributed by atoms with Crippen LogP contribution in [0.25, 0.3) is 0 Å². The summed E-state index contributed by atoms with van der Waals surface area (Å²) in [5.41, 5.74) is 6.60. The third-order valence-electron chi connectivity index (χ3n) is 2.36. The first-order valence-electron chi connectivity index (χ1n) is 5.37. The van der Waals surface area contributed by atoms with E-state index in [0.29, 0.717) is 18.0 Å². The normalized spacial score (nSPS) is 10.3. The Morgan fingerprint density at radius 3 is 2.56 bits per heavy atom. The first-order valence-corrected chi connectivity index (χ1v) is 7.45. The van der Waals surface area contributed by atoms with Crippen LogP contribution in [0.3, 0.4) is 0 Å². The van der Waals surface area contributed by atoms with Crippen LogP contribution in [-0.2, 0) is 13.0 Å². The number of nitrogens with two attached hydrogens (primary N) is 1. The van der Waals surface area contributed by atoms with Gasteiger partial charge in [0.05, 0.1) is 9.87 Å². The number of benzene rings is 1. The summed E-state index contributed by atoms with van der Waals surface area (Å²) in [5.74, 6) is 0.849. The highest BCUT2D eigenvalue weighted by Gasteiger charge is 2.02. The van der Waals surface area contributed by atoms with Crippen LogP contribution in [0.1, 0.15) is 10.4 Å². The van der Waals surface area contributed by atoms with Crippen molar-refractivity contribution >= 4 is 44.5 Å². The number of halogens is 1. The Kier molecular flexibility index (Phi) is 4.74. The van der Waals surface area contributed by atoms with E-state index in [2.05, 4.69) is 15.9 Å². The molecule has 0 amide bonds. The van der Waals surface area contributed by atoms with Crippen molar-refractivity contribution in [3.8, 4) is 5.75 Å². The summed E-state index contributed by atoms with van der Waals surface area (Å²) in [6.07, 6.45) is 0.631. The monoisotopic (exact) mass is 341 g/mol. The van der Waals surface area contributed by atoms with E-state index in [1.807, 2.05) is 35.7 Å². The lowest BCUT2D eigenvalue weighted by atomic mass is 10.1. The molecule has 2 aromatic rings. The Balaban J connectivity index is 1.94. The van der Waals surface area contributed by atoms with Crippen molar-refractivity contribution < 1.29 is 4.74 Å². The highest BCUT2D eigenvalue weighted by atomic mass is 79.9. The molecule has 0 fully saturated rings. The lowest BCUT2D eigenvalue weighted by Gasteiger charge is -2.06. The second-order valence-corrected chi connectivity index (χ2v) is 6.15. The predicted octanol–water partition coefficient (Wildman–Crippen LogP) is 3.92. The molecule has 5 heteroatoms. The average molecular weight is 342 g/mol. The first-order chi connectivity index (χ1) is 8.65. The Hall–Kier alpha value is -0.910. The number of hydrogen-bond acceptors (Lipinski definition) is 3. The third-order valence-corrected chi connectivity index (χ3v) is 4.41. The van der Waals surface area contributed by atoms with Crippen LogP contribution >= 0.6 is 39.5 Å². The maximum absolute atomic E-state index is 5.71. The largest absolute Gasteiger partial charge is 0.488 e. The lowest BCUT2D eigenvalue weighted by molar-refractivity contribution is 0.309. The topological polar surface area (TPSA) is 35.2 Å². The van der Waals surface area contributed by atoms with Crippen LogP contribution in [-0.4, -0.2) is 4.99 Å². The Morgan fingerprint density at radius 1 is 1.28 bits per heavy atom. The van der Waals surface area contributed by atoms with E-state index in [4.69, 9.17) is 22.7 Å². The molecule has 0 aliphatic heterocycles. The van der Waals surface area contributed by atoms with Crippen LogP contribution < -0.4 is 10.5 Å². The zero-order valence-electron chi connectivity index (χ0n) is 9.56. The van der Waals surface area contributed by atoms with Crippen molar-refractivity contribution in [2.24, 2.45) is 5.73 Å². The first kappa shape index (κ1) is 13.5. The Bertz CT molecular complexity index is 536. The van der Waals surface area contributed by atoms with E-state index in [9.17, 15) is 0 Å². The second kappa shape index (κ2) is 6.31. The highest BCUT2D eigenvalue weighted by Crippen LogP contribution is 2.24. The summed E-state index contributed by atoms with van der Waals surface area (Å²) in [7, 11) is 0. The van der Waals surface area contributed by atoms with Crippen LogP contribution in [0.4, 0.5) is 0 Å². The van der Waals surface area contributed by atoms with Crippen molar-refractivity contribution in [1.29, 1.82) is 0 Å². The Morgan fingerprint density at radius 2 is 2.00 bits per heavy atom. The fraction of sp³-hybridized carbons (Fsp3) is 0.154. The zero-order valence-corrected chi connectivity index (χ0v) is 12.8. The van der Waals surface area contributed by atoms with Gasteiger partial charge in [-0.2, -0.15) is 0 Å². The number of hydrogen-bond donors (Lipinski definition) is 1. The summed E-state index contributed by atoms with van der Waals surface area (Å²) in [4.78, 5) is 1.69. The van der Waals surface area contributed by atoms with Crippen LogP contribution in [0.5, 0.6) is 5.75 Å². The molecule has 0 bridgehead atoms. The lowest BCUT2D eigenvalue weighted by Crippen LogP contribution is -2.10. The molecule has 2 N–H and O–H groups in total. The molecule has 0 unspecified atom stereocenters. The van der Waals surface area contributed by atoms with Crippen molar-refractivity contribution in [2.75, 3.05) is 0 Å². The molecule has 2 rings (SSSR count). The van der Waals surface area contributed by atoms with E-state index in [0.717, 1.165) is 15.8 Å². The van der Waals surface area contributed by atoms with E-state index in [1.165, 1.54) is 4.88 Å². The number of ether oxygens (including phenoxy) is 1. The van der Waals surface area contributed by atoms with Gasteiger partial charge in [0.15, 0.2) is 0 Å². The van der Waals surface area contributed by atoms with Gasteiger partial charge >= 0.3 is 0 Å². The zero-order chi connectivity index (χ0) is 13.0. The molecule has 0 aliphatic rings. The fourth-order valence-corrected chi connectivity index (χ4v) is 3.03. The molecular formula is C13H12BrNOS2. The van der Waals surface area contributed by atoms with Gasteiger partial charge in [0.1, 0.15) is 12.4 Å². The van der Waals surface area contributed by atoms with Crippen LogP contribution in [0, 0.1) is 0 Å². The maximum Gasteiger partial charge on any atom is 0.124 e. The maximum atomic E-state index is 5.71. The van der Waals surface area contributed by atoms with Gasteiger partial charge in [-0.1, -0.05) is 24.4 Å². The van der Waals surface area contributed by atoms with E-state index >= 15 is 0 Å². The molecule has 0 saturated heterocycles.